The van der Waals surface area contributed by atoms with Crippen LogP contribution in [0.5, 0.6) is 0 Å². The normalized spacial score (nSPS) is 14.0. The molecule has 0 aromatic heterocycles. The van der Waals surface area contributed by atoms with Gasteiger partial charge in [0.2, 0.25) is 0 Å². The highest BCUT2D eigenvalue weighted by Crippen LogP contribution is 2.29. The highest BCUT2D eigenvalue weighted by atomic mass is 127. The maximum absolute atomic E-state index is 12.7. The van der Waals surface area contributed by atoms with Crippen molar-refractivity contribution in [1.29, 1.82) is 0 Å². The summed E-state index contributed by atoms with van der Waals surface area (Å²) in [5, 5.41) is 9.16. The van der Waals surface area contributed by atoms with Crippen molar-refractivity contribution in [2.24, 2.45) is 4.99 Å². The molecule has 6 nitrogen and oxygen atoms in total. The average Bonchev–Trinajstić information content (AvgIpc) is 3.29. The standard InChI is InChI=1S/C22H26F3N5O.HI/c1-26-20(27-14-16-7-9-18(10-8-16)22(23,24)25)28-15-17-5-4-6-19(13-17)29-21(31)30-11-2-3-12-30;/h4-10,13H,2-3,11-12,14-15H2,1H3,(H,29,31)(H2,26,27,28);1H. The number of aliphatic imine (C=N–C) groups is 1. The van der Waals surface area contributed by atoms with Crippen LogP contribution < -0.4 is 16.0 Å². The molecule has 0 radical (unpaired) electrons. The van der Waals surface area contributed by atoms with E-state index in [0.717, 1.165) is 49.3 Å². The smallest absolute Gasteiger partial charge is 0.352 e. The zero-order chi connectivity index (χ0) is 22.3. The Balaban J connectivity index is 0.00000363. The SMILES string of the molecule is CN=C(NCc1ccc(C(F)(F)F)cc1)NCc1cccc(NC(=O)N2CCCC2)c1.I. The molecule has 10 heteroatoms. The predicted molar refractivity (Wildman–Crippen MR) is 130 cm³/mol. The number of amides is 2. The Hall–Kier alpha value is -2.50. The molecule has 1 heterocycles. The number of nitrogens with one attached hydrogen (secondary N) is 3. The summed E-state index contributed by atoms with van der Waals surface area (Å²) in [6, 6.07) is 12.5. The van der Waals surface area contributed by atoms with E-state index in [1.165, 1.54) is 12.1 Å². The van der Waals surface area contributed by atoms with Crippen LogP contribution in [0.25, 0.3) is 0 Å². The number of anilines is 1. The third kappa shape index (κ3) is 7.57. The molecule has 2 aromatic rings. The molecule has 0 atom stereocenters. The second kappa shape index (κ2) is 11.9. The van der Waals surface area contributed by atoms with E-state index >= 15 is 0 Å². The van der Waals surface area contributed by atoms with Gasteiger partial charge in [-0.2, -0.15) is 13.2 Å². The average molecular weight is 561 g/mol. The lowest BCUT2D eigenvalue weighted by Gasteiger charge is -2.17. The molecule has 174 valence electrons. The van der Waals surface area contributed by atoms with E-state index in [1.807, 2.05) is 24.3 Å². The van der Waals surface area contributed by atoms with Crippen LogP contribution in [0.3, 0.4) is 0 Å². The van der Waals surface area contributed by atoms with Gasteiger partial charge in [-0.15, -0.1) is 24.0 Å². The second-order valence-electron chi connectivity index (χ2n) is 7.30. The molecule has 1 aliphatic heterocycles. The highest BCUT2D eigenvalue weighted by molar-refractivity contribution is 14.0. The highest BCUT2D eigenvalue weighted by Gasteiger charge is 2.29. The number of rotatable bonds is 5. The number of likely N-dealkylation sites (tertiary alicyclic amines) is 1. The Bertz CT molecular complexity index is 913. The van der Waals surface area contributed by atoms with E-state index < -0.39 is 11.7 Å². The Labute approximate surface area is 202 Å². The topological polar surface area (TPSA) is 68.8 Å². The van der Waals surface area contributed by atoms with Crippen molar-refractivity contribution in [3.8, 4) is 0 Å². The zero-order valence-electron chi connectivity index (χ0n) is 17.7. The molecule has 3 rings (SSSR count). The fourth-order valence-corrected chi connectivity index (χ4v) is 3.29. The number of hydrogen-bond donors (Lipinski definition) is 3. The number of carbonyl (C=O) groups is 1. The monoisotopic (exact) mass is 561 g/mol. The molecule has 2 aromatic carbocycles. The second-order valence-corrected chi connectivity index (χ2v) is 7.30. The molecule has 3 N–H and O–H groups in total. The Morgan fingerprint density at radius 1 is 1.00 bits per heavy atom. The molecule has 0 bridgehead atoms. The molecule has 1 saturated heterocycles. The zero-order valence-corrected chi connectivity index (χ0v) is 20.0. The van der Waals surface area contributed by atoms with Gasteiger partial charge in [0.15, 0.2) is 5.96 Å². The summed E-state index contributed by atoms with van der Waals surface area (Å²) < 4.78 is 38.0. The fourth-order valence-electron chi connectivity index (χ4n) is 3.29. The van der Waals surface area contributed by atoms with Crippen LogP contribution in [0.1, 0.15) is 29.5 Å². The van der Waals surface area contributed by atoms with Crippen LogP contribution in [0.4, 0.5) is 23.7 Å². The minimum Gasteiger partial charge on any atom is -0.352 e. The summed E-state index contributed by atoms with van der Waals surface area (Å²) in [4.78, 5) is 18.2. The van der Waals surface area contributed by atoms with Gasteiger partial charge < -0.3 is 20.9 Å². The molecule has 0 aliphatic carbocycles. The summed E-state index contributed by atoms with van der Waals surface area (Å²) >= 11 is 0. The number of hydrogen-bond acceptors (Lipinski definition) is 2. The minimum atomic E-state index is -4.34. The van der Waals surface area contributed by atoms with Crippen LogP contribution in [0.2, 0.25) is 0 Å². The van der Waals surface area contributed by atoms with E-state index in [0.29, 0.717) is 24.6 Å². The van der Waals surface area contributed by atoms with Crippen molar-refractivity contribution in [1.82, 2.24) is 15.5 Å². The number of halogens is 4. The number of urea groups is 1. The molecule has 0 unspecified atom stereocenters. The number of alkyl halides is 3. The third-order valence-corrected chi connectivity index (χ3v) is 5.00. The lowest BCUT2D eigenvalue weighted by molar-refractivity contribution is -0.137. The van der Waals surface area contributed by atoms with E-state index in [4.69, 9.17) is 0 Å². The van der Waals surface area contributed by atoms with Crippen molar-refractivity contribution in [2.45, 2.75) is 32.1 Å². The van der Waals surface area contributed by atoms with Crippen LogP contribution in [-0.2, 0) is 19.3 Å². The number of guanidine groups is 1. The number of nitrogens with zero attached hydrogens (tertiary/aromatic N) is 2. The molecular weight excluding hydrogens is 534 g/mol. The lowest BCUT2D eigenvalue weighted by atomic mass is 10.1. The maximum Gasteiger partial charge on any atom is 0.416 e. The quantitative estimate of drug-likeness (QED) is 0.279. The maximum atomic E-state index is 12.7. The van der Waals surface area contributed by atoms with Crippen LogP contribution in [0, 0.1) is 0 Å². The Morgan fingerprint density at radius 2 is 1.62 bits per heavy atom. The van der Waals surface area contributed by atoms with Gasteiger partial charge in [-0.25, -0.2) is 4.79 Å². The molecule has 32 heavy (non-hydrogen) atoms. The van der Waals surface area contributed by atoms with E-state index in [-0.39, 0.29) is 30.0 Å². The first kappa shape index (κ1) is 25.8. The van der Waals surface area contributed by atoms with Gasteiger partial charge >= 0.3 is 12.2 Å². The lowest BCUT2D eigenvalue weighted by Crippen LogP contribution is -2.36. The predicted octanol–water partition coefficient (Wildman–Crippen LogP) is 4.82. The van der Waals surface area contributed by atoms with Crippen molar-refractivity contribution in [2.75, 3.05) is 25.5 Å². The molecule has 2 amide bonds. The van der Waals surface area contributed by atoms with E-state index in [2.05, 4.69) is 20.9 Å². The van der Waals surface area contributed by atoms with Gasteiger partial charge in [-0.05, 0) is 48.2 Å². The summed E-state index contributed by atoms with van der Waals surface area (Å²) in [6.07, 6.45) is -2.27. The molecule has 1 aliphatic rings. The van der Waals surface area contributed by atoms with Gasteiger partial charge in [-0.3, -0.25) is 4.99 Å². The Kier molecular flexibility index (Phi) is 9.60. The van der Waals surface area contributed by atoms with Crippen molar-refractivity contribution < 1.29 is 18.0 Å². The first-order valence-electron chi connectivity index (χ1n) is 10.1. The summed E-state index contributed by atoms with van der Waals surface area (Å²) in [5.41, 5.74) is 1.72. The molecule has 0 spiro atoms. The van der Waals surface area contributed by atoms with Crippen LogP contribution >= 0.6 is 24.0 Å². The van der Waals surface area contributed by atoms with Gasteiger partial charge in [0.1, 0.15) is 0 Å². The van der Waals surface area contributed by atoms with Gasteiger partial charge in [0, 0.05) is 38.9 Å². The fraction of sp³-hybridized carbons (Fsp3) is 0.364. The van der Waals surface area contributed by atoms with E-state index in [1.54, 1.807) is 11.9 Å². The molecular formula is C22H27F3IN5O. The van der Waals surface area contributed by atoms with E-state index in [9.17, 15) is 18.0 Å². The van der Waals surface area contributed by atoms with Crippen LogP contribution in [0.15, 0.2) is 53.5 Å². The first-order chi connectivity index (χ1) is 14.8. The Morgan fingerprint density at radius 3 is 2.22 bits per heavy atom. The molecule has 1 fully saturated rings. The van der Waals surface area contributed by atoms with Crippen molar-refractivity contribution in [3.63, 3.8) is 0 Å². The summed E-state index contributed by atoms with van der Waals surface area (Å²) in [5.74, 6) is 0.520. The summed E-state index contributed by atoms with van der Waals surface area (Å²) in [6.45, 7) is 2.38. The minimum absolute atomic E-state index is 0. The van der Waals surface area contributed by atoms with Gasteiger partial charge in [0.25, 0.3) is 0 Å². The largest absolute Gasteiger partial charge is 0.416 e. The summed E-state index contributed by atoms with van der Waals surface area (Å²) in [7, 11) is 1.62. The van der Waals surface area contributed by atoms with Crippen molar-refractivity contribution >= 4 is 41.7 Å². The van der Waals surface area contributed by atoms with Gasteiger partial charge in [-0.1, -0.05) is 24.3 Å². The number of benzene rings is 2. The third-order valence-electron chi connectivity index (χ3n) is 5.00. The molecule has 0 saturated carbocycles. The first-order valence-corrected chi connectivity index (χ1v) is 10.1. The van der Waals surface area contributed by atoms with Gasteiger partial charge in [0.05, 0.1) is 5.56 Å². The van der Waals surface area contributed by atoms with Crippen molar-refractivity contribution in [3.05, 3.63) is 65.2 Å². The number of carbonyl (C=O) groups excluding carboxylic acids is 1. The van der Waals surface area contributed by atoms with Crippen LogP contribution in [-0.4, -0.2) is 37.0 Å².